The lowest BCUT2D eigenvalue weighted by atomic mass is 10.2. The second-order valence-corrected chi connectivity index (χ2v) is 7.50. The number of carbonyl (C=O) groups excluding carboxylic acids is 2. The number of hydrogen-bond donors (Lipinski definition) is 0. The Morgan fingerprint density at radius 2 is 1.57 bits per heavy atom. The van der Waals surface area contributed by atoms with E-state index in [1.54, 1.807) is 53.7 Å². The highest BCUT2D eigenvalue weighted by Crippen LogP contribution is 2.22. The molecule has 2 amide bonds. The van der Waals surface area contributed by atoms with Crippen molar-refractivity contribution in [1.82, 2.24) is 4.98 Å². The molecule has 6 nitrogen and oxygen atoms in total. The van der Waals surface area contributed by atoms with Crippen LogP contribution in [0.5, 0.6) is 0 Å². The van der Waals surface area contributed by atoms with Crippen LogP contribution in [0, 0.1) is 0 Å². The van der Waals surface area contributed by atoms with Gasteiger partial charge in [-0.25, -0.2) is 9.59 Å². The van der Waals surface area contributed by atoms with Crippen LogP contribution in [0.2, 0.25) is 0 Å². The Labute approximate surface area is 145 Å². The number of rotatable bonds is 2. The first-order valence-corrected chi connectivity index (χ1v) is 8.32. The number of alkyl halides is 1. The SMILES string of the molecule is CC(C)(C)OC(=O)N(C(=O)OC(C)(C)C)c1ccnc(CBr)c1. The second kappa shape index (κ2) is 7.29. The minimum Gasteiger partial charge on any atom is -0.443 e. The first-order chi connectivity index (χ1) is 10.4. The molecule has 7 heteroatoms. The van der Waals surface area contributed by atoms with Crippen LogP contribution in [0.25, 0.3) is 0 Å². The van der Waals surface area contributed by atoms with Crippen molar-refractivity contribution in [2.45, 2.75) is 58.1 Å². The maximum Gasteiger partial charge on any atom is 0.424 e. The molecule has 0 atom stereocenters. The molecule has 1 heterocycles. The molecule has 0 unspecified atom stereocenters. The number of pyridine rings is 1. The third kappa shape index (κ3) is 6.56. The number of hydrogen-bond acceptors (Lipinski definition) is 5. The lowest BCUT2D eigenvalue weighted by Crippen LogP contribution is -2.43. The molecule has 0 aromatic carbocycles. The highest BCUT2D eigenvalue weighted by atomic mass is 79.9. The van der Waals surface area contributed by atoms with Crippen LogP contribution in [0.15, 0.2) is 18.3 Å². The minimum atomic E-state index is -0.793. The molecule has 1 rings (SSSR count). The van der Waals surface area contributed by atoms with E-state index in [1.807, 2.05) is 0 Å². The van der Waals surface area contributed by atoms with E-state index in [0.717, 1.165) is 4.90 Å². The molecule has 0 aliphatic heterocycles. The van der Waals surface area contributed by atoms with Crippen LogP contribution >= 0.6 is 15.9 Å². The number of carbonyl (C=O) groups is 2. The van der Waals surface area contributed by atoms with Crippen molar-refractivity contribution in [2.24, 2.45) is 0 Å². The molecule has 0 spiro atoms. The summed E-state index contributed by atoms with van der Waals surface area (Å²) in [7, 11) is 0. The Kier molecular flexibility index (Phi) is 6.16. The number of nitrogens with zero attached hydrogens (tertiary/aromatic N) is 2. The smallest absolute Gasteiger partial charge is 0.424 e. The van der Waals surface area contributed by atoms with Gasteiger partial charge in [0.05, 0.1) is 11.4 Å². The van der Waals surface area contributed by atoms with Crippen LogP contribution in [-0.4, -0.2) is 28.4 Å². The van der Waals surface area contributed by atoms with Crippen molar-refractivity contribution in [3.63, 3.8) is 0 Å². The summed E-state index contributed by atoms with van der Waals surface area (Å²) >= 11 is 3.30. The van der Waals surface area contributed by atoms with Crippen molar-refractivity contribution in [3.05, 3.63) is 24.0 Å². The molecule has 0 aliphatic carbocycles. The van der Waals surface area contributed by atoms with Crippen LogP contribution in [0.1, 0.15) is 47.2 Å². The monoisotopic (exact) mass is 386 g/mol. The number of ether oxygens (including phenoxy) is 2. The van der Waals surface area contributed by atoms with E-state index in [2.05, 4.69) is 20.9 Å². The van der Waals surface area contributed by atoms with Crippen molar-refractivity contribution in [2.75, 3.05) is 4.90 Å². The largest absolute Gasteiger partial charge is 0.443 e. The van der Waals surface area contributed by atoms with E-state index in [0.29, 0.717) is 16.7 Å². The summed E-state index contributed by atoms with van der Waals surface area (Å²) in [6, 6.07) is 3.18. The average Bonchev–Trinajstić information content (AvgIpc) is 2.34. The predicted molar refractivity (Wildman–Crippen MR) is 91.8 cm³/mol. The zero-order valence-corrected chi connectivity index (χ0v) is 15.9. The Hall–Kier alpha value is -1.63. The lowest BCUT2D eigenvalue weighted by molar-refractivity contribution is 0.0431. The highest BCUT2D eigenvalue weighted by molar-refractivity contribution is 9.08. The molecule has 0 radical (unpaired) electrons. The summed E-state index contributed by atoms with van der Waals surface area (Å²) in [6.45, 7) is 10.4. The van der Waals surface area contributed by atoms with E-state index in [1.165, 1.54) is 6.20 Å². The van der Waals surface area contributed by atoms with Gasteiger partial charge in [-0.05, 0) is 53.7 Å². The fourth-order valence-corrected chi connectivity index (χ4v) is 1.88. The third-order valence-electron chi connectivity index (χ3n) is 2.35. The quantitative estimate of drug-likeness (QED) is 0.691. The Bertz CT molecular complexity index is 548. The molecule has 0 fully saturated rings. The Morgan fingerprint density at radius 3 is 1.96 bits per heavy atom. The van der Waals surface area contributed by atoms with E-state index in [-0.39, 0.29) is 0 Å². The number of anilines is 1. The van der Waals surface area contributed by atoms with Crippen molar-refractivity contribution >= 4 is 33.8 Å². The fourth-order valence-electron chi connectivity index (χ4n) is 1.58. The summed E-state index contributed by atoms with van der Waals surface area (Å²) in [4.78, 5) is 29.9. The Morgan fingerprint density at radius 1 is 1.09 bits per heavy atom. The predicted octanol–water partition coefficient (Wildman–Crippen LogP) is 4.65. The lowest BCUT2D eigenvalue weighted by Gasteiger charge is -2.28. The van der Waals surface area contributed by atoms with Gasteiger partial charge in [-0.2, -0.15) is 4.90 Å². The topological polar surface area (TPSA) is 68.7 Å². The summed E-state index contributed by atoms with van der Waals surface area (Å²) in [5, 5.41) is 0.497. The van der Waals surface area contributed by atoms with Gasteiger partial charge in [0.1, 0.15) is 11.2 Å². The summed E-state index contributed by atoms with van der Waals surface area (Å²) in [5.41, 5.74) is -0.441. The van der Waals surface area contributed by atoms with Crippen molar-refractivity contribution in [3.8, 4) is 0 Å². The van der Waals surface area contributed by atoms with Crippen molar-refractivity contribution < 1.29 is 19.1 Å². The van der Waals surface area contributed by atoms with E-state index < -0.39 is 23.4 Å². The third-order valence-corrected chi connectivity index (χ3v) is 2.92. The number of aromatic nitrogens is 1. The fraction of sp³-hybridized carbons (Fsp3) is 0.562. The Balaban J connectivity index is 3.19. The van der Waals surface area contributed by atoms with Crippen LogP contribution in [-0.2, 0) is 14.8 Å². The number of amides is 2. The molecular formula is C16H23BrN2O4. The zero-order chi connectivity index (χ0) is 17.8. The van der Waals surface area contributed by atoms with E-state index in [4.69, 9.17) is 9.47 Å². The van der Waals surface area contributed by atoms with Gasteiger partial charge in [0.15, 0.2) is 0 Å². The average molecular weight is 387 g/mol. The maximum absolute atomic E-state index is 12.5. The molecule has 128 valence electrons. The van der Waals surface area contributed by atoms with Gasteiger partial charge < -0.3 is 9.47 Å². The van der Waals surface area contributed by atoms with E-state index >= 15 is 0 Å². The van der Waals surface area contributed by atoms with Gasteiger partial charge in [-0.15, -0.1) is 0 Å². The van der Waals surface area contributed by atoms with Crippen LogP contribution in [0.4, 0.5) is 15.3 Å². The first kappa shape index (κ1) is 19.4. The van der Waals surface area contributed by atoms with Gasteiger partial charge in [0.2, 0.25) is 0 Å². The first-order valence-electron chi connectivity index (χ1n) is 7.20. The molecular weight excluding hydrogens is 364 g/mol. The molecule has 1 aromatic heterocycles. The summed E-state index contributed by atoms with van der Waals surface area (Å²) in [5.74, 6) is 0. The van der Waals surface area contributed by atoms with Crippen LogP contribution in [0.3, 0.4) is 0 Å². The molecule has 1 aromatic rings. The zero-order valence-electron chi connectivity index (χ0n) is 14.3. The standard InChI is InChI=1S/C16H23BrN2O4/c1-15(2,3)22-13(20)19(14(21)23-16(4,5)6)12-7-8-18-11(9-12)10-17/h7-9H,10H2,1-6H3. The highest BCUT2D eigenvalue weighted by Gasteiger charge is 2.32. The second-order valence-electron chi connectivity index (χ2n) is 6.94. The molecule has 0 N–H and O–H groups in total. The molecule has 0 bridgehead atoms. The molecule has 0 aliphatic rings. The van der Waals surface area contributed by atoms with Crippen LogP contribution < -0.4 is 4.90 Å². The summed E-state index contributed by atoms with van der Waals surface area (Å²) < 4.78 is 10.6. The van der Waals surface area contributed by atoms with Gasteiger partial charge in [0, 0.05) is 11.5 Å². The van der Waals surface area contributed by atoms with E-state index in [9.17, 15) is 9.59 Å². The molecule has 23 heavy (non-hydrogen) atoms. The number of imide groups is 1. The number of halogens is 1. The maximum atomic E-state index is 12.5. The van der Waals surface area contributed by atoms with Gasteiger partial charge >= 0.3 is 12.2 Å². The molecule has 0 saturated carbocycles. The van der Waals surface area contributed by atoms with Gasteiger partial charge in [-0.1, -0.05) is 15.9 Å². The normalized spacial score (nSPS) is 11.8. The van der Waals surface area contributed by atoms with Crippen molar-refractivity contribution in [1.29, 1.82) is 0 Å². The van der Waals surface area contributed by atoms with Gasteiger partial charge in [-0.3, -0.25) is 4.98 Å². The summed E-state index contributed by atoms with van der Waals surface area (Å²) in [6.07, 6.45) is -0.0647. The minimum absolute atomic E-state index is 0.345. The van der Waals surface area contributed by atoms with Gasteiger partial charge in [0.25, 0.3) is 0 Å². The molecule has 0 saturated heterocycles.